The van der Waals surface area contributed by atoms with E-state index in [-0.39, 0.29) is 0 Å². The number of hydrogen-bond donors (Lipinski definition) is 1. The van der Waals surface area contributed by atoms with Gasteiger partial charge in [-0.15, -0.1) is 0 Å². The third kappa shape index (κ3) is 2.36. The van der Waals surface area contributed by atoms with Gasteiger partial charge in [0.2, 0.25) is 0 Å². The van der Waals surface area contributed by atoms with Crippen molar-refractivity contribution >= 4 is 11.6 Å². The van der Waals surface area contributed by atoms with E-state index in [1.54, 1.807) is 0 Å². The molecule has 2 fully saturated rings. The van der Waals surface area contributed by atoms with Crippen molar-refractivity contribution < 1.29 is 0 Å². The van der Waals surface area contributed by atoms with E-state index in [1.165, 1.54) is 38.5 Å². The first-order chi connectivity index (χ1) is 9.70. The Morgan fingerprint density at radius 3 is 2.60 bits per heavy atom. The van der Waals surface area contributed by atoms with Crippen LogP contribution < -0.4 is 10.6 Å². The number of hydrogen-bond acceptors (Lipinski definition) is 4. The molecule has 4 nitrogen and oxygen atoms in total. The fourth-order valence-corrected chi connectivity index (χ4v) is 3.89. The van der Waals surface area contributed by atoms with E-state index in [4.69, 9.17) is 10.7 Å². The largest absolute Gasteiger partial charge is 0.383 e. The predicted octanol–water partition coefficient (Wildman–Crippen LogP) is 3.09. The number of nitrogens with two attached hydrogens (primary N) is 1. The highest BCUT2D eigenvalue weighted by molar-refractivity contribution is 5.57. The molecule has 0 radical (unpaired) electrons. The molecule has 110 valence electrons. The number of rotatable bonds is 3. The highest BCUT2D eigenvalue weighted by Crippen LogP contribution is 2.38. The van der Waals surface area contributed by atoms with Crippen molar-refractivity contribution in [2.24, 2.45) is 5.92 Å². The van der Waals surface area contributed by atoms with Crippen LogP contribution in [0.2, 0.25) is 0 Å². The fraction of sp³-hybridized carbons (Fsp3) is 0.750. The van der Waals surface area contributed by atoms with Crippen molar-refractivity contribution in [3.63, 3.8) is 0 Å². The summed E-state index contributed by atoms with van der Waals surface area (Å²) in [7, 11) is 0. The molecule has 20 heavy (non-hydrogen) atoms. The Balaban J connectivity index is 1.92. The van der Waals surface area contributed by atoms with Crippen molar-refractivity contribution in [3.05, 3.63) is 11.4 Å². The number of nitrogen functional groups attached to an aromatic ring is 1. The smallest absolute Gasteiger partial charge is 0.137 e. The van der Waals surface area contributed by atoms with Gasteiger partial charge in [-0.2, -0.15) is 0 Å². The standard InChI is InChI=1S/C16H26N4/c1-3-14-18-15(17)11(2)16(19-14)20-10-6-9-13(20)12-7-4-5-8-12/h12-13H,3-10H2,1-2H3,(H2,17,18,19). The van der Waals surface area contributed by atoms with E-state index in [2.05, 4.69) is 23.7 Å². The van der Waals surface area contributed by atoms with Gasteiger partial charge in [0, 0.05) is 24.6 Å². The Labute approximate surface area is 121 Å². The van der Waals surface area contributed by atoms with Crippen molar-refractivity contribution in [2.45, 2.75) is 64.8 Å². The van der Waals surface area contributed by atoms with Gasteiger partial charge in [-0.05, 0) is 38.5 Å². The Kier molecular flexibility index (Phi) is 3.81. The third-order valence-corrected chi connectivity index (χ3v) is 5.04. The van der Waals surface area contributed by atoms with Crippen molar-refractivity contribution in [1.29, 1.82) is 0 Å². The van der Waals surface area contributed by atoms with Gasteiger partial charge in [-0.1, -0.05) is 19.8 Å². The molecular weight excluding hydrogens is 248 g/mol. The minimum atomic E-state index is 0.656. The Morgan fingerprint density at radius 2 is 1.90 bits per heavy atom. The summed E-state index contributed by atoms with van der Waals surface area (Å²) in [5.74, 6) is 3.49. The molecule has 2 N–H and O–H groups in total. The molecule has 1 atom stereocenters. The van der Waals surface area contributed by atoms with Gasteiger partial charge < -0.3 is 10.6 Å². The Bertz CT molecular complexity index is 480. The zero-order chi connectivity index (χ0) is 14.1. The third-order valence-electron chi connectivity index (χ3n) is 5.04. The lowest BCUT2D eigenvalue weighted by Gasteiger charge is -2.31. The molecule has 1 aliphatic carbocycles. The summed E-state index contributed by atoms with van der Waals surface area (Å²) in [6.07, 6.45) is 9.03. The summed E-state index contributed by atoms with van der Waals surface area (Å²) in [5, 5.41) is 0. The highest BCUT2D eigenvalue weighted by atomic mass is 15.2. The van der Waals surface area contributed by atoms with Gasteiger partial charge in [0.15, 0.2) is 0 Å². The van der Waals surface area contributed by atoms with Crippen LogP contribution >= 0.6 is 0 Å². The molecule has 1 aromatic heterocycles. The second-order valence-electron chi connectivity index (χ2n) is 6.27. The molecule has 0 spiro atoms. The first kappa shape index (κ1) is 13.7. The fourth-order valence-electron chi connectivity index (χ4n) is 3.89. The van der Waals surface area contributed by atoms with Crippen LogP contribution in [0, 0.1) is 12.8 Å². The Morgan fingerprint density at radius 1 is 1.15 bits per heavy atom. The minimum Gasteiger partial charge on any atom is -0.383 e. The average molecular weight is 274 g/mol. The van der Waals surface area contributed by atoms with Crippen LogP contribution in [0.15, 0.2) is 0 Å². The van der Waals surface area contributed by atoms with Gasteiger partial charge >= 0.3 is 0 Å². The van der Waals surface area contributed by atoms with Crippen LogP contribution in [-0.4, -0.2) is 22.6 Å². The summed E-state index contributed by atoms with van der Waals surface area (Å²) < 4.78 is 0. The minimum absolute atomic E-state index is 0.656. The molecule has 1 aliphatic heterocycles. The topological polar surface area (TPSA) is 55.0 Å². The molecule has 2 aliphatic rings. The average Bonchev–Trinajstić information content (AvgIpc) is 3.10. The number of nitrogens with zero attached hydrogens (tertiary/aromatic N) is 3. The molecule has 0 aromatic carbocycles. The van der Waals surface area contributed by atoms with Crippen LogP contribution in [-0.2, 0) is 6.42 Å². The van der Waals surface area contributed by atoms with E-state index >= 15 is 0 Å². The van der Waals surface area contributed by atoms with E-state index in [9.17, 15) is 0 Å². The van der Waals surface area contributed by atoms with Crippen molar-refractivity contribution in [2.75, 3.05) is 17.2 Å². The number of aromatic nitrogens is 2. The lowest BCUT2D eigenvalue weighted by atomic mass is 9.96. The lowest BCUT2D eigenvalue weighted by Crippen LogP contribution is -2.36. The van der Waals surface area contributed by atoms with Gasteiger partial charge in [-0.3, -0.25) is 0 Å². The van der Waals surface area contributed by atoms with E-state index in [1.807, 2.05) is 0 Å². The number of aryl methyl sites for hydroxylation is 1. The summed E-state index contributed by atoms with van der Waals surface area (Å²) in [6, 6.07) is 0.676. The maximum atomic E-state index is 6.09. The van der Waals surface area contributed by atoms with Crippen LogP contribution in [0.1, 0.15) is 56.8 Å². The molecule has 1 saturated heterocycles. The zero-order valence-electron chi connectivity index (χ0n) is 12.7. The maximum absolute atomic E-state index is 6.09. The van der Waals surface area contributed by atoms with Crippen LogP contribution in [0.4, 0.5) is 11.6 Å². The van der Waals surface area contributed by atoms with Crippen molar-refractivity contribution in [3.8, 4) is 0 Å². The summed E-state index contributed by atoms with van der Waals surface area (Å²) in [5.41, 5.74) is 7.15. The van der Waals surface area contributed by atoms with Gasteiger partial charge in [0.1, 0.15) is 17.5 Å². The normalized spacial score (nSPS) is 23.7. The van der Waals surface area contributed by atoms with E-state index in [0.717, 1.165) is 36.1 Å². The van der Waals surface area contributed by atoms with Gasteiger partial charge in [0.25, 0.3) is 0 Å². The molecule has 3 rings (SSSR count). The number of anilines is 2. The predicted molar refractivity (Wildman–Crippen MR) is 82.9 cm³/mol. The molecule has 1 unspecified atom stereocenters. The second-order valence-corrected chi connectivity index (χ2v) is 6.27. The molecular formula is C16H26N4. The van der Waals surface area contributed by atoms with E-state index in [0.29, 0.717) is 11.9 Å². The molecule has 1 aromatic rings. The summed E-state index contributed by atoms with van der Waals surface area (Å²) >= 11 is 0. The molecule has 1 saturated carbocycles. The van der Waals surface area contributed by atoms with Crippen LogP contribution in [0.25, 0.3) is 0 Å². The SMILES string of the molecule is CCc1nc(N)c(C)c(N2CCCC2C2CCCC2)n1. The summed E-state index contributed by atoms with van der Waals surface area (Å²) in [6.45, 7) is 5.28. The lowest BCUT2D eigenvalue weighted by molar-refractivity contribution is 0.428. The van der Waals surface area contributed by atoms with Crippen LogP contribution in [0.5, 0.6) is 0 Å². The van der Waals surface area contributed by atoms with Crippen molar-refractivity contribution in [1.82, 2.24) is 9.97 Å². The highest BCUT2D eigenvalue weighted by Gasteiger charge is 2.35. The molecule has 0 amide bonds. The van der Waals surface area contributed by atoms with Gasteiger partial charge in [0.05, 0.1) is 0 Å². The summed E-state index contributed by atoms with van der Waals surface area (Å²) in [4.78, 5) is 11.7. The van der Waals surface area contributed by atoms with E-state index < -0.39 is 0 Å². The van der Waals surface area contributed by atoms with Crippen LogP contribution in [0.3, 0.4) is 0 Å². The Hall–Kier alpha value is -1.32. The molecule has 2 heterocycles. The monoisotopic (exact) mass is 274 g/mol. The van der Waals surface area contributed by atoms with Gasteiger partial charge in [-0.25, -0.2) is 9.97 Å². The molecule has 4 heteroatoms. The first-order valence-corrected chi connectivity index (χ1v) is 8.10. The first-order valence-electron chi connectivity index (χ1n) is 8.10. The molecule has 0 bridgehead atoms. The quantitative estimate of drug-likeness (QED) is 0.920. The second kappa shape index (κ2) is 5.58. The maximum Gasteiger partial charge on any atom is 0.137 e. The zero-order valence-corrected chi connectivity index (χ0v) is 12.7.